The number of ether oxygens (including phenoxy) is 3. The number of carbonyl (C=O) groups is 2. The number of anilines is 3. The number of esters is 1. The van der Waals surface area contributed by atoms with Crippen LogP contribution in [-0.4, -0.2) is 72.8 Å². The second-order valence-electron chi connectivity index (χ2n) is 9.60. The summed E-state index contributed by atoms with van der Waals surface area (Å²) in [5.74, 6) is 0.185. The molecule has 2 N–H and O–H groups in total. The molecule has 1 aliphatic heterocycles. The molecule has 2 aliphatic rings. The Bertz CT molecular complexity index is 1430. The summed E-state index contributed by atoms with van der Waals surface area (Å²) >= 11 is 5.94. The van der Waals surface area contributed by atoms with Crippen molar-refractivity contribution >= 4 is 51.6 Å². The number of rotatable bonds is 10. The number of hydrogen-bond acceptors (Lipinski definition) is 9. The minimum atomic E-state index is -0.523. The highest BCUT2D eigenvalue weighted by atomic mass is 35.5. The molecular formula is C28H29ClFN5O5. The molecule has 2 fully saturated rings. The van der Waals surface area contributed by atoms with E-state index >= 15 is 0 Å². The van der Waals surface area contributed by atoms with E-state index in [9.17, 15) is 14.0 Å². The molecule has 5 rings (SSSR count). The van der Waals surface area contributed by atoms with Crippen LogP contribution in [0, 0.1) is 11.7 Å². The molecule has 0 spiro atoms. The van der Waals surface area contributed by atoms with Crippen LogP contribution in [0.1, 0.15) is 12.8 Å². The van der Waals surface area contributed by atoms with Gasteiger partial charge in [-0.05, 0) is 43.0 Å². The molecule has 1 atom stereocenters. The SMILES string of the molecule is COC(=O)C1COCCN1C/C=C/C(=O)Nc1cc2c(Nc3ccc(F)c(Cl)c3)ncnc2cc1OCC1CC1. The van der Waals surface area contributed by atoms with Crippen LogP contribution in [-0.2, 0) is 19.1 Å². The molecule has 1 unspecified atom stereocenters. The summed E-state index contributed by atoms with van der Waals surface area (Å²) in [5.41, 5.74) is 1.60. The molecule has 0 radical (unpaired) electrons. The highest BCUT2D eigenvalue weighted by molar-refractivity contribution is 6.31. The molecule has 1 amide bonds. The summed E-state index contributed by atoms with van der Waals surface area (Å²) in [6.07, 6.45) is 6.75. The maximum Gasteiger partial charge on any atom is 0.325 e. The van der Waals surface area contributed by atoms with Crippen LogP contribution in [0.2, 0.25) is 5.02 Å². The number of nitrogens with one attached hydrogen (secondary N) is 2. The van der Waals surface area contributed by atoms with Crippen molar-refractivity contribution in [2.24, 2.45) is 5.92 Å². The van der Waals surface area contributed by atoms with Crippen molar-refractivity contribution in [3.8, 4) is 5.75 Å². The van der Waals surface area contributed by atoms with Gasteiger partial charge in [0.05, 0.1) is 43.2 Å². The van der Waals surface area contributed by atoms with E-state index < -0.39 is 11.9 Å². The Hall–Kier alpha value is -3.80. The van der Waals surface area contributed by atoms with Gasteiger partial charge in [0.2, 0.25) is 5.91 Å². The van der Waals surface area contributed by atoms with Crippen LogP contribution in [0.3, 0.4) is 0 Å². The normalized spacial score (nSPS) is 17.6. The van der Waals surface area contributed by atoms with Gasteiger partial charge in [0, 0.05) is 36.3 Å². The molecule has 12 heteroatoms. The predicted molar refractivity (Wildman–Crippen MR) is 148 cm³/mol. The molecule has 1 saturated carbocycles. The predicted octanol–water partition coefficient (Wildman–Crippen LogP) is 4.32. The van der Waals surface area contributed by atoms with Crippen LogP contribution < -0.4 is 15.4 Å². The Morgan fingerprint density at radius 1 is 1.25 bits per heavy atom. The van der Waals surface area contributed by atoms with Gasteiger partial charge >= 0.3 is 5.97 Å². The molecule has 1 aliphatic carbocycles. The standard InChI is InChI=1S/C28H29ClFN5O5/c1-38-28(37)24-15-39-10-9-35(24)8-2-3-26(36)34-23-12-19-22(13-25(23)40-14-17-4-5-17)31-16-32-27(19)33-18-6-7-21(30)20(29)11-18/h2-3,6-7,11-13,16-17,24H,4-5,8-10,14-15H2,1H3,(H,34,36)(H,31,32,33)/b3-2+. The summed E-state index contributed by atoms with van der Waals surface area (Å²) in [7, 11) is 1.34. The number of hydrogen-bond donors (Lipinski definition) is 2. The Balaban J connectivity index is 1.36. The lowest BCUT2D eigenvalue weighted by Gasteiger charge is -2.32. The number of amides is 1. The molecule has 1 aromatic heterocycles. The summed E-state index contributed by atoms with van der Waals surface area (Å²) < 4.78 is 29.9. The zero-order valence-corrected chi connectivity index (χ0v) is 22.6. The molecule has 0 bridgehead atoms. The van der Waals surface area contributed by atoms with Crippen LogP contribution >= 0.6 is 11.6 Å². The minimum Gasteiger partial charge on any atom is -0.491 e. The van der Waals surface area contributed by atoms with Crippen LogP contribution in [0.25, 0.3) is 10.9 Å². The first-order chi connectivity index (χ1) is 19.4. The zero-order valence-electron chi connectivity index (χ0n) is 21.9. The van der Waals surface area contributed by atoms with Gasteiger partial charge in [0.15, 0.2) is 0 Å². The fraction of sp³-hybridized carbons (Fsp3) is 0.357. The fourth-order valence-electron chi connectivity index (χ4n) is 4.28. The van der Waals surface area contributed by atoms with Gasteiger partial charge in [-0.15, -0.1) is 0 Å². The smallest absolute Gasteiger partial charge is 0.325 e. The lowest BCUT2D eigenvalue weighted by atomic mass is 10.1. The maximum atomic E-state index is 13.6. The van der Waals surface area contributed by atoms with E-state index in [-0.39, 0.29) is 23.5 Å². The number of benzene rings is 2. The first kappa shape index (κ1) is 27.8. The zero-order chi connectivity index (χ0) is 28.1. The number of methoxy groups -OCH3 is 1. The van der Waals surface area contributed by atoms with Crippen LogP contribution in [0.15, 0.2) is 48.8 Å². The van der Waals surface area contributed by atoms with Crippen LogP contribution in [0.5, 0.6) is 5.75 Å². The van der Waals surface area contributed by atoms with Gasteiger partial charge in [0.25, 0.3) is 0 Å². The van der Waals surface area contributed by atoms with E-state index in [4.69, 9.17) is 25.8 Å². The molecule has 2 aromatic carbocycles. The largest absolute Gasteiger partial charge is 0.491 e. The van der Waals surface area contributed by atoms with E-state index in [1.807, 2.05) is 4.90 Å². The second kappa shape index (κ2) is 12.6. The van der Waals surface area contributed by atoms with Crippen molar-refractivity contribution in [1.82, 2.24) is 14.9 Å². The third-order valence-electron chi connectivity index (χ3n) is 6.67. The Kier molecular flexibility index (Phi) is 8.73. The molecule has 40 heavy (non-hydrogen) atoms. The topological polar surface area (TPSA) is 115 Å². The van der Waals surface area contributed by atoms with Crippen molar-refractivity contribution in [3.63, 3.8) is 0 Å². The van der Waals surface area contributed by atoms with Gasteiger partial charge in [-0.3, -0.25) is 14.5 Å². The Morgan fingerprint density at radius 3 is 2.88 bits per heavy atom. The number of nitrogens with zero attached hydrogens (tertiary/aromatic N) is 3. The Morgan fingerprint density at radius 2 is 2.10 bits per heavy atom. The number of morpholine rings is 1. The summed E-state index contributed by atoms with van der Waals surface area (Å²) in [5, 5.41) is 6.64. The van der Waals surface area contributed by atoms with Crippen molar-refractivity contribution in [1.29, 1.82) is 0 Å². The number of fused-ring (bicyclic) bond motifs is 1. The second-order valence-corrected chi connectivity index (χ2v) is 10.0. The molecule has 210 valence electrons. The van der Waals surface area contributed by atoms with Gasteiger partial charge in [-0.25, -0.2) is 14.4 Å². The first-order valence-corrected chi connectivity index (χ1v) is 13.3. The van der Waals surface area contributed by atoms with E-state index in [2.05, 4.69) is 20.6 Å². The van der Waals surface area contributed by atoms with Gasteiger partial charge in [-0.2, -0.15) is 0 Å². The van der Waals surface area contributed by atoms with Crippen LogP contribution in [0.4, 0.5) is 21.6 Å². The highest BCUT2D eigenvalue weighted by Crippen LogP contribution is 2.36. The van der Waals surface area contributed by atoms with Crippen molar-refractivity contribution < 1.29 is 28.2 Å². The highest BCUT2D eigenvalue weighted by Gasteiger charge is 2.29. The van der Waals surface area contributed by atoms with E-state index in [0.29, 0.717) is 66.1 Å². The number of aromatic nitrogens is 2. The van der Waals surface area contributed by atoms with Crippen molar-refractivity contribution in [2.75, 3.05) is 50.7 Å². The maximum absolute atomic E-state index is 13.6. The van der Waals surface area contributed by atoms with Gasteiger partial charge < -0.3 is 24.8 Å². The van der Waals surface area contributed by atoms with Crippen molar-refractivity contribution in [2.45, 2.75) is 18.9 Å². The van der Waals surface area contributed by atoms with E-state index in [1.165, 1.54) is 31.6 Å². The summed E-state index contributed by atoms with van der Waals surface area (Å²) in [4.78, 5) is 35.6. The third kappa shape index (κ3) is 6.85. The van der Waals surface area contributed by atoms with E-state index in [1.54, 1.807) is 24.3 Å². The fourth-order valence-corrected chi connectivity index (χ4v) is 4.46. The average molecular weight is 570 g/mol. The van der Waals surface area contributed by atoms with Gasteiger partial charge in [-0.1, -0.05) is 17.7 Å². The summed E-state index contributed by atoms with van der Waals surface area (Å²) in [6.45, 7) is 2.20. The third-order valence-corrected chi connectivity index (χ3v) is 6.96. The lowest BCUT2D eigenvalue weighted by molar-refractivity contribution is -0.152. The van der Waals surface area contributed by atoms with E-state index in [0.717, 1.165) is 12.8 Å². The lowest BCUT2D eigenvalue weighted by Crippen LogP contribution is -2.50. The molecule has 1 saturated heterocycles. The number of halogens is 2. The molecular weight excluding hydrogens is 541 g/mol. The molecule has 10 nitrogen and oxygen atoms in total. The average Bonchev–Trinajstić information content (AvgIpc) is 3.79. The first-order valence-electron chi connectivity index (χ1n) is 12.9. The Labute approximate surface area is 235 Å². The summed E-state index contributed by atoms with van der Waals surface area (Å²) in [6, 6.07) is 7.26. The molecule has 2 heterocycles. The molecule has 3 aromatic rings. The van der Waals surface area contributed by atoms with Gasteiger partial charge in [0.1, 0.15) is 29.8 Å². The minimum absolute atomic E-state index is 0.0196. The monoisotopic (exact) mass is 569 g/mol. The van der Waals surface area contributed by atoms with Crippen molar-refractivity contribution in [3.05, 3.63) is 59.7 Å². The quantitative estimate of drug-likeness (QED) is 0.272. The number of carbonyl (C=O) groups excluding carboxylic acids is 2.